The minimum atomic E-state index is -3.81. The van der Waals surface area contributed by atoms with Gasteiger partial charge in [0.15, 0.2) is 0 Å². The number of non-ortho nitro benzene ring substituents is 1. The van der Waals surface area contributed by atoms with Crippen molar-refractivity contribution in [2.24, 2.45) is 0 Å². The Morgan fingerprint density at radius 3 is 2.62 bits per heavy atom. The topological polar surface area (TPSA) is 108 Å². The first-order chi connectivity index (χ1) is 9.88. The average Bonchev–Trinajstić information content (AvgIpc) is 2.42. The van der Waals surface area contributed by atoms with Gasteiger partial charge in [-0.2, -0.15) is 0 Å². The summed E-state index contributed by atoms with van der Waals surface area (Å²) in [4.78, 5) is 9.97. The van der Waals surface area contributed by atoms with E-state index < -0.39 is 14.9 Å². The van der Waals surface area contributed by atoms with Crippen LogP contribution in [0.1, 0.15) is 5.56 Å². The second kappa shape index (κ2) is 8.03. The minimum absolute atomic E-state index is 0.0776. The molecule has 0 radical (unpaired) electrons. The number of ether oxygens (including phenoxy) is 2. The van der Waals surface area contributed by atoms with Crippen LogP contribution in [0, 0.1) is 17.0 Å². The second-order valence-electron chi connectivity index (χ2n) is 4.21. The van der Waals surface area contributed by atoms with Crippen molar-refractivity contribution in [3.63, 3.8) is 0 Å². The fraction of sp³-hybridized carbons (Fsp3) is 0.500. The van der Waals surface area contributed by atoms with E-state index in [1.165, 1.54) is 19.2 Å². The van der Waals surface area contributed by atoms with Gasteiger partial charge in [-0.25, -0.2) is 13.1 Å². The quantitative estimate of drug-likeness (QED) is 0.411. The minimum Gasteiger partial charge on any atom is -0.382 e. The van der Waals surface area contributed by atoms with Crippen molar-refractivity contribution >= 4 is 15.7 Å². The van der Waals surface area contributed by atoms with E-state index in [4.69, 9.17) is 9.47 Å². The maximum atomic E-state index is 12.1. The van der Waals surface area contributed by atoms with E-state index in [1.54, 1.807) is 6.92 Å². The van der Waals surface area contributed by atoms with Crippen molar-refractivity contribution in [1.29, 1.82) is 0 Å². The molecule has 0 spiro atoms. The molecule has 0 saturated carbocycles. The van der Waals surface area contributed by atoms with Gasteiger partial charge in [0.25, 0.3) is 5.69 Å². The molecular weight excluding hydrogens is 300 g/mol. The molecule has 8 nitrogen and oxygen atoms in total. The number of benzene rings is 1. The van der Waals surface area contributed by atoms with Crippen LogP contribution in [0.5, 0.6) is 0 Å². The molecule has 0 aliphatic heterocycles. The molecule has 0 amide bonds. The van der Waals surface area contributed by atoms with Gasteiger partial charge < -0.3 is 9.47 Å². The zero-order valence-electron chi connectivity index (χ0n) is 11.9. The van der Waals surface area contributed by atoms with Gasteiger partial charge in [0.05, 0.1) is 29.6 Å². The van der Waals surface area contributed by atoms with Gasteiger partial charge in [-0.3, -0.25) is 10.1 Å². The van der Waals surface area contributed by atoms with Crippen molar-refractivity contribution < 1.29 is 22.8 Å². The molecule has 0 saturated heterocycles. The fourth-order valence-corrected chi connectivity index (χ4v) is 2.84. The van der Waals surface area contributed by atoms with E-state index in [9.17, 15) is 18.5 Å². The number of aryl methyl sites for hydroxylation is 1. The highest BCUT2D eigenvalue weighted by atomic mass is 32.2. The molecule has 118 valence electrons. The van der Waals surface area contributed by atoms with Crippen LogP contribution in [-0.2, 0) is 19.5 Å². The van der Waals surface area contributed by atoms with Crippen molar-refractivity contribution in [2.75, 3.05) is 33.5 Å². The first-order valence-corrected chi connectivity index (χ1v) is 7.68. The van der Waals surface area contributed by atoms with Crippen LogP contribution in [-0.4, -0.2) is 46.8 Å². The number of nitrogens with one attached hydrogen (secondary N) is 1. The maximum absolute atomic E-state index is 12.1. The Labute approximate surface area is 123 Å². The number of nitro groups is 1. The van der Waals surface area contributed by atoms with Gasteiger partial charge in [-0.15, -0.1) is 0 Å². The van der Waals surface area contributed by atoms with Crippen molar-refractivity contribution in [1.82, 2.24) is 4.72 Å². The molecule has 0 bridgehead atoms. The van der Waals surface area contributed by atoms with E-state index in [0.717, 1.165) is 6.07 Å². The monoisotopic (exact) mass is 318 g/mol. The van der Waals surface area contributed by atoms with Crippen molar-refractivity contribution in [3.8, 4) is 0 Å². The molecule has 21 heavy (non-hydrogen) atoms. The zero-order valence-corrected chi connectivity index (χ0v) is 12.7. The molecule has 0 aliphatic rings. The number of hydrogen-bond donors (Lipinski definition) is 1. The third kappa shape index (κ3) is 5.38. The summed E-state index contributed by atoms with van der Waals surface area (Å²) in [5.41, 5.74) is 0.172. The van der Waals surface area contributed by atoms with Gasteiger partial charge in [-0.05, 0) is 12.5 Å². The fourth-order valence-electron chi connectivity index (χ4n) is 1.56. The highest BCUT2D eigenvalue weighted by molar-refractivity contribution is 7.89. The predicted molar refractivity (Wildman–Crippen MR) is 75.7 cm³/mol. The largest absolute Gasteiger partial charge is 0.382 e. The van der Waals surface area contributed by atoms with Gasteiger partial charge in [0, 0.05) is 25.8 Å². The Balaban J connectivity index is 2.70. The molecule has 1 aromatic rings. The van der Waals surface area contributed by atoms with Crippen LogP contribution < -0.4 is 4.72 Å². The summed E-state index contributed by atoms with van der Waals surface area (Å²) in [5, 5.41) is 10.7. The number of nitro benzene ring substituents is 1. The molecule has 0 atom stereocenters. The van der Waals surface area contributed by atoms with Crippen LogP contribution in [0.4, 0.5) is 5.69 Å². The van der Waals surface area contributed by atoms with Gasteiger partial charge in [0.1, 0.15) is 0 Å². The molecule has 0 aliphatic carbocycles. The predicted octanol–water partition coefficient (Wildman–Crippen LogP) is 0.845. The lowest BCUT2D eigenvalue weighted by atomic mass is 10.2. The SMILES string of the molecule is COCCOCCNS(=O)(=O)c1cc([N+](=O)[O-])ccc1C. The smallest absolute Gasteiger partial charge is 0.270 e. The number of nitrogens with zero attached hydrogens (tertiary/aromatic N) is 1. The molecule has 0 aromatic heterocycles. The molecule has 0 heterocycles. The third-order valence-corrected chi connectivity index (χ3v) is 4.25. The lowest BCUT2D eigenvalue weighted by Gasteiger charge is -2.09. The van der Waals surface area contributed by atoms with Crippen molar-refractivity contribution in [2.45, 2.75) is 11.8 Å². The Hall–Kier alpha value is -1.55. The maximum Gasteiger partial charge on any atom is 0.270 e. The van der Waals surface area contributed by atoms with Crippen LogP contribution in [0.25, 0.3) is 0 Å². The Kier molecular flexibility index (Phi) is 6.69. The van der Waals surface area contributed by atoms with E-state index in [0.29, 0.717) is 18.8 Å². The summed E-state index contributed by atoms with van der Waals surface area (Å²) in [6.45, 7) is 2.64. The standard InChI is InChI=1S/C12H18N2O6S/c1-10-3-4-11(14(15)16)9-12(10)21(17,18)13-5-6-20-8-7-19-2/h3-4,9,13H,5-8H2,1-2H3. The molecule has 9 heteroatoms. The normalized spacial score (nSPS) is 11.5. The first kappa shape index (κ1) is 17.5. The highest BCUT2D eigenvalue weighted by Crippen LogP contribution is 2.21. The molecule has 0 fully saturated rings. The number of rotatable bonds is 9. The highest BCUT2D eigenvalue weighted by Gasteiger charge is 2.19. The lowest BCUT2D eigenvalue weighted by Crippen LogP contribution is -2.28. The lowest BCUT2D eigenvalue weighted by molar-refractivity contribution is -0.385. The van der Waals surface area contributed by atoms with E-state index in [1.807, 2.05) is 0 Å². The summed E-state index contributed by atoms with van der Waals surface area (Å²) in [5.74, 6) is 0. The molecule has 1 aromatic carbocycles. The van der Waals surface area contributed by atoms with Gasteiger partial charge in [0.2, 0.25) is 10.0 Å². The second-order valence-corrected chi connectivity index (χ2v) is 5.95. The number of hydrogen-bond acceptors (Lipinski definition) is 6. The molecular formula is C12H18N2O6S. The Morgan fingerprint density at radius 2 is 2.00 bits per heavy atom. The van der Waals surface area contributed by atoms with E-state index >= 15 is 0 Å². The number of sulfonamides is 1. The van der Waals surface area contributed by atoms with E-state index in [2.05, 4.69) is 4.72 Å². The average molecular weight is 318 g/mol. The van der Waals surface area contributed by atoms with Gasteiger partial charge in [-0.1, -0.05) is 6.07 Å². The zero-order chi connectivity index (χ0) is 15.9. The van der Waals surface area contributed by atoms with Crippen LogP contribution in [0.15, 0.2) is 23.1 Å². The summed E-state index contributed by atoms with van der Waals surface area (Å²) in [6, 6.07) is 3.72. The number of methoxy groups -OCH3 is 1. The first-order valence-electron chi connectivity index (χ1n) is 6.20. The molecule has 1 rings (SSSR count). The van der Waals surface area contributed by atoms with Crippen LogP contribution >= 0.6 is 0 Å². The third-order valence-electron chi connectivity index (χ3n) is 2.64. The summed E-state index contributed by atoms with van der Waals surface area (Å²) >= 11 is 0. The molecule has 0 unspecified atom stereocenters. The van der Waals surface area contributed by atoms with Crippen molar-refractivity contribution in [3.05, 3.63) is 33.9 Å². The van der Waals surface area contributed by atoms with Crippen LogP contribution in [0.2, 0.25) is 0 Å². The summed E-state index contributed by atoms with van der Waals surface area (Å²) < 4.78 is 36.5. The van der Waals surface area contributed by atoms with Gasteiger partial charge >= 0.3 is 0 Å². The summed E-state index contributed by atoms with van der Waals surface area (Å²) in [7, 11) is -2.27. The Bertz CT molecular complexity index is 587. The summed E-state index contributed by atoms with van der Waals surface area (Å²) in [6.07, 6.45) is 0. The Morgan fingerprint density at radius 1 is 1.29 bits per heavy atom. The van der Waals surface area contributed by atoms with E-state index in [-0.39, 0.29) is 23.7 Å². The molecule has 1 N–H and O–H groups in total. The van der Waals surface area contributed by atoms with Crippen LogP contribution in [0.3, 0.4) is 0 Å².